The van der Waals surface area contributed by atoms with Crippen molar-refractivity contribution in [1.82, 2.24) is 9.96 Å². The standard InChI is InChI=1S/C50H100N2O4/c1-7-11-15-19-22-24-27-33-40-48(52(49(53)42-37-44-51(5)6)56-45-36-30-25-23-20-16-12-8-2)41-34-28-29-35-43-50(54)55-46-47(38-31-18-14-10-4)39-32-26-21-17-13-9-3/h47-48H,7-46H2,1-6H3. The fourth-order valence-electron chi connectivity index (χ4n) is 8.00. The first-order valence-electron chi connectivity index (χ1n) is 25.1. The molecule has 0 fully saturated rings. The van der Waals surface area contributed by atoms with E-state index in [-0.39, 0.29) is 17.9 Å². The third-order valence-electron chi connectivity index (χ3n) is 11.8. The second kappa shape index (κ2) is 43.4. The number of hydrogen-bond donors (Lipinski definition) is 0. The summed E-state index contributed by atoms with van der Waals surface area (Å²) in [6.45, 7) is 11.3. The van der Waals surface area contributed by atoms with Gasteiger partial charge in [-0.1, -0.05) is 207 Å². The van der Waals surface area contributed by atoms with Gasteiger partial charge >= 0.3 is 5.97 Å². The van der Waals surface area contributed by atoms with Crippen molar-refractivity contribution < 1.29 is 19.2 Å². The molecule has 0 rings (SSSR count). The fourth-order valence-corrected chi connectivity index (χ4v) is 8.00. The van der Waals surface area contributed by atoms with Crippen LogP contribution in [0.3, 0.4) is 0 Å². The molecule has 0 aliphatic carbocycles. The maximum Gasteiger partial charge on any atom is 0.305 e. The highest BCUT2D eigenvalue weighted by Crippen LogP contribution is 2.23. The number of carbonyl (C=O) groups is 2. The molecule has 0 aliphatic rings. The molecular weight excluding hydrogens is 693 g/mol. The number of carbonyl (C=O) groups excluding carboxylic acids is 2. The van der Waals surface area contributed by atoms with E-state index in [0.717, 1.165) is 64.3 Å². The molecule has 6 heteroatoms. The summed E-state index contributed by atoms with van der Waals surface area (Å²) in [5, 5.41) is 1.85. The number of nitrogens with zero attached hydrogens (tertiary/aromatic N) is 2. The Hall–Kier alpha value is -1.14. The van der Waals surface area contributed by atoms with Gasteiger partial charge in [0.2, 0.25) is 5.91 Å². The van der Waals surface area contributed by atoms with Crippen molar-refractivity contribution in [3.8, 4) is 0 Å². The largest absolute Gasteiger partial charge is 0.465 e. The van der Waals surface area contributed by atoms with Crippen LogP contribution in [0.2, 0.25) is 0 Å². The van der Waals surface area contributed by atoms with E-state index >= 15 is 0 Å². The SMILES string of the molecule is CCCCCCCCCCON(C(=O)CCCN(C)C)C(CCCCCCCCCC)CCCCCCC(=O)OCC(CCCCCC)CCCCCCCC. The van der Waals surface area contributed by atoms with Gasteiger partial charge in [0.1, 0.15) is 0 Å². The van der Waals surface area contributed by atoms with Crippen LogP contribution in [-0.4, -0.2) is 61.7 Å². The quantitative estimate of drug-likeness (QED) is 0.0349. The average molecular weight is 793 g/mol. The Bertz CT molecular complexity index is 821. The highest BCUT2D eigenvalue weighted by molar-refractivity contribution is 5.75. The molecule has 334 valence electrons. The van der Waals surface area contributed by atoms with Crippen LogP contribution in [0.15, 0.2) is 0 Å². The number of hydroxylamine groups is 2. The third kappa shape index (κ3) is 37.2. The molecule has 0 saturated carbocycles. The second-order valence-corrected chi connectivity index (χ2v) is 17.8. The van der Waals surface area contributed by atoms with Gasteiger partial charge in [0.25, 0.3) is 0 Å². The minimum Gasteiger partial charge on any atom is -0.465 e. The van der Waals surface area contributed by atoms with Crippen LogP contribution in [-0.2, 0) is 19.2 Å². The van der Waals surface area contributed by atoms with Crippen molar-refractivity contribution in [3.63, 3.8) is 0 Å². The van der Waals surface area contributed by atoms with Crippen molar-refractivity contribution in [2.24, 2.45) is 5.92 Å². The van der Waals surface area contributed by atoms with Crippen molar-refractivity contribution in [3.05, 3.63) is 0 Å². The van der Waals surface area contributed by atoms with E-state index in [1.54, 1.807) is 0 Å². The van der Waals surface area contributed by atoms with E-state index in [2.05, 4.69) is 46.7 Å². The molecule has 6 nitrogen and oxygen atoms in total. The van der Waals surface area contributed by atoms with Crippen LogP contribution in [0.4, 0.5) is 0 Å². The lowest BCUT2D eigenvalue weighted by molar-refractivity contribution is -0.203. The van der Waals surface area contributed by atoms with Crippen LogP contribution in [0.1, 0.15) is 265 Å². The molecule has 56 heavy (non-hydrogen) atoms. The predicted molar refractivity (Wildman–Crippen MR) is 243 cm³/mol. The fraction of sp³-hybridized carbons (Fsp3) is 0.960. The molecule has 0 N–H and O–H groups in total. The first-order chi connectivity index (χ1) is 27.4. The molecule has 0 spiro atoms. The molecule has 1 amide bonds. The predicted octanol–water partition coefficient (Wildman–Crippen LogP) is 15.3. The third-order valence-corrected chi connectivity index (χ3v) is 11.8. The number of esters is 1. The van der Waals surface area contributed by atoms with E-state index in [9.17, 15) is 9.59 Å². The summed E-state index contributed by atoms with van der Waals surface area (Å²) in [6.07, 6.45) is 43.9. The lowest BCUT2D eigenvalue weighted by Gasteiger charge is -2.31. The number of rotatable bonds is 45. The van der Waals surface area contributed by atoms with E-state index in [1.165, 1.54) is 167 Å². The Morgan fingerprint density at radius 1 is 0.446 bits per heavy atom. The maximum absolute atomic E-state index is 13.7. The molecule has 0 bridgehead atoms. The Labute approximate surface area is 351 Å². The summed E-state index contributed by atoms with van der Waals surface area (Å²) in [6, 6.07) is 0.141. The lowest BCUT2D eigenvalue weighted by Crippen LogP contribution is -2.41. The number of unbranched alkanes of at least 4 members (excludes halogenated alkanes) is 25. The summed E-state index contributed by atoms with van der Waals surface area (Å²) in [5.41, 5.74) is 0. The van der Waals surface area contributed by atoms with Gasteiger partial charge < -0.3 is 9.64 Å². The Balaban J connectivity index is 5.04. The van der Waals surface area contributed by atoms with Crippen molar-refractivity contribution in [2.45, 2.75) is 271 Å². The first kappa shape index (κ1) is 54.9. The first-order valence-corrected chi connectivity index (χ1v) is 25.1. The van der Waals surface area contributed by atoms with E-state index in [4.69, 9.17) is 9.57 Å². The highest BCUT2D eigenvalue weighted by Gasteiger charge is 2.24. The summed E-state index contributed by atoms with van der Waals surface area (Å²) in [5.74, 6) is 0.674. The molecule has 0 saturated heterocycles. The number of ether oxygens (including phenoxy) is 1. The van der Waals surface area contributed by atoms with Gasteiger partial charge in [-0.15, -0.1) is 0 Å². The summed E-state index contributed by atoms with van der Waals surface area (Å²) in [4.78, 5) is 35.1. The maximum atomic E-state index is 13.7. The van der Waals surface area contributed by atoms with Crippen molar-refractivity contribution in [1.29, 1.82) is 0 Å². The van der Waals surface area contributed by atoms with Gasteiger partial charge in [-0.3, -0.25) is 14.4 Å². The van der Waals surface area contributed by atoms with Crippen molar-refractivity contribution >= 4 is 11.9 Å². The van der Waals surface area contributed by atoms with Crippen LogP contribution in [0.25, 0.3) is 0 Å². The smallest absolute Gasteiger partial charge is 0.305 e. The van der Waals surface area contributed by atoms with E-state index in [0.29, 0.717) is 32.0 Å². The van der Waals surface area contributed by atoms with E-state index in [1.807, 2.05) is 5.06 Å². The molecule has 0 aromatic carbocycles. The highest BCUT2D eigenvalue weighted by atomic mass is 16.7. The molecule has 0 aliphatic heterocycles. The van der Waals surface area contributed by atoms with Gasteiger partial charge in [-0.2, -0.15) is 0 Å². The minimum absolute atomic E-state index is 0.0112. The van der Waals surface area contributed by atoms with Crippen LogP contribution in [0, 0.1) is 5.92 Å². The Kier molecular flexibility index (Phi) is 42.6. The normalized spacial score (nSPS) is 12.7. The Morgan fingerprint density at radius 2 is 0.839 bits per heavy atom. The lowest BCUT2D eigenvalue weighted by atomic mass is 9.95. The summed E-state index contributed by atoms with van der Waals surface area (Å²) < 4.78 is 5.88. The minimum atomic E-state index is -0.0112. The second-order valence-electron chi connectivity index (χ2n) is 17.8. The zero-order valence-electron chi connectivity index (χ0n) is 39.0. The zero-order valence-corrected chi connectivity index (χ0v) is 39.0. The van der Waals surface area contributed by atoms with Gasteiger partial charge in [0, 0.05) is 12.8 Å². The van der Waals surface area contributed by atoms with Gasteiger partial charge in [-0.25, -0.2) is 5.06 Å². The summed E-state index contributed by atoms with van der Waals surface area (Å²) in [7, 11) is 4.16. The van der Waals surface area contributed by atoms with Gasteiger partial charge in [-0.05, 0) is 71.5 Å². The number of amides is 1. The molecule has 0 heterocycles. The monoisotopic (exact) mass is 793 g/mol. The summed E-state index contributed by atoms with van der Waals surface area (Å²) >= 11 is 0. The topological polar surface area (TPSA) is 59.1 Å². The molecule has 2 unspecified atom stereocenters. The Morgan fingerprint density at radius 3 is 1.30 bits per heavy atom. The average Bonchev–Trinajstić information content (AvgIpc) is 3.18. The molecule has 0 radical (unpaired) electrons. The number of hydrogen-bond acceptors (Lipinski definition) is 5. The van der Waals surface area contributed by atoms with Crippen LogP contribution < -0.4 is 0 Å². The molecule has 0 aromatic heterocycles. The van der Waals surface area contributed by atoms with Crippen LogP contribution >= 0.6 is 0 Å². The van der Waals surface area contributed by atoms with Crippen LogP contribution in [0.5, 0.6) is 0 Å². The van der Waals surface area contributed by atoms with Crippen molar-refractivity contribution in [2.75, 3.05) is 33.9 Å². The molecule has 2 atom stereocenters. The zero-order chi connectivity index (χ0) is 41.2. The van der Waals surface area contributed by atoms with Gasteiger partial charge in [0.15, 0.2) is 0 Å². The van der Waals surface area contributed by atoms with E-state index < -0.39 is 0 Å². The molecule has 0 aromatic rings. The molecular formula is C50H100N2O4. The van der Waals surface area contributed by atoms with Gasteiger partial charge in [0.05, 0.1) is 19.3 Å².